The van der Waals surface area contributed by atoms with Gasteiger partial charge in [-0.25, -0.2) is 0 Å². The number of nitrogens with one attached hydrogen (secondary N) is 1. The Balaban J connectivity index is 3.35. The van der Waals surface area contributed by atoms with Crippen LogP contribution in [0.15, 0.2) is 0 Å². The zero-order valence-corrected chi connectivity index (χ0v) is 9.19. The second-order valence-electron chi connectivity index (χ2n) is 3.95. The Morgan fingerprint density at radius 2 is 1.67 bits per heavy atom. The highest BCUT2D eigenvalue weighted by Crippen LogP contribution is 2.15. The summed E-state index contributed by atoms with van der Waals surface area (Å²) in [7, 11) is 0. The molecule has 1 unspecified atom stereocenters. The molecular weight excluding hydrogens is 146 g/mol. The van der Waals surface area contributed by atoms with E-state index in [9.17, 15) is 0 Å². The van der Waals surface area contributed by atoms with E-state index in [1.165, 1.54) is 32.4 Å². The van der Waals surface area contributed by atoms with Crippen LogP contribution < -0.4 is 5.32 Å². The van der Waals surface area contributed by atoms with E-state index in [1.54, 1.807) is 0 Å². The molecule has 0 aliphatic heterocycles. The largest absolute Gasteiger partial charge is 0.316 e. The van der Waals surface area contributed by atoms with Crippen molar-refractivity contribution in [3.05, 3.63) is 0 Å². The van der Waals surface area contributed by atoms with Gasteiger partial charge in [0.1, 0.15) is 0 Å². The summed E-state index contributed by atoms with van der Waals surface area (Å²) in [5, 5.41) is 3.47. The first-order valence-corrected chi connectivity index (χ1v) is 5.43. The van der Waals surface area contributed by atoms with Gasteiger partial charge in [-0.2, -0.15) is 0 Å². The van der Waals surface area contributed by atoms with Crippen molar-refractivity contribution in [3.63, 3.8) is 0 Å². The van der Waals surface area contributed by atoms with Crippen LogP contribution in [0.5, 0.6) is 0 Å². The van der Waals surface area contributed by atoms with E-state index >= 15 is 0 Å². The molecule has 1 N–H and O–H groups in total. The lowest BCUT2D eigenvalue weighted by Gasteiger charge is -2.19. The summed E-state index contributed by atoms with van der Waals surface area (Å²) in [6, 6.07) is 0. The van der Waals surface area contributed by atoms with E-state index in [-0.39, 0.29) is 0 Å². The average Bonchev–Trinajstić information content (AvgIpc) is 2.05. The summed E-state index contributed by atoms with van der Waals surface area (Å²) in [6.45, 7) is 11.6. The molecule has 0 fully saturated rings. The molecule has 12 heavy (non-hydrogen) atoms. The van der Waals surface area contributed by atoms with Crippen molar-refractivity contribution in [2.75, 3.05) is 13.1 Å². The van der Waals surface area contributed by atoms with Crippen molar-refractivity contribution in [2.24, 2.45) is 11.8 Å². The fourth-order valence-corrected chi connectivity index (χ4v) is 1.45. The molecule has 0 aromatic heterocycles. The minimum Gasteiger partial charge on any atom is -0.316 e. The lowest BCUT2D eigenvalue weighted by molar-refractivity contribution is 0.345. The van der Waals surface area contributed by atoms with Crippen LogP contribution in [0.25, 0.3) is 0 Å². The molecule has 0 heterocycles. The summed E-state index contributed by atoms with van der Waals surface area (Å²) in [4.78, 5) is 0. The Bertz CT molecular complexity index is 91.0. The van der Waals surface area contributed by atoms with Crippen LogP contribution in [0.1, 0.15) is 47.0 Å². The van der Waals surface area contributed by atoms with Gasteiger partial charge in [0.05, 0.1) is 0 Å². The summed E-state index contributed by atoms with van der Waals surface area (Å²) in [6.07, 6.45) is 3.93. The van der Waals surface area contributed by atoms with Gasteiger partial charge < -0.3 is 5.32 Å². The zero-order chi connectivity index (χ0) is 9.40. The fraction of sp³-hybridized carbons (Fsp3) is 1.00. The van der Waals surface area contributed by atoms with Crippen LogP contribution in [-0.2, 0) is 0 Å². The van der Waals surface area contributed by atoms with Gasteiger partial charge in [-0.3, -0.25) is 0 Å². The minimum atomic E-state index is 0.830. The average molecular weight is 171 g/mol. The Labute approximate surface area is 77.9 Å². The lowest BCUT2D eigenvalue weighted by atomic mass is 9.92. The third-order valence-electron chi connectivity index (χ3n) is 2.61. The Hall–Kier alpha value is -0.0400. The highest BCUT2D eigenvalue weighted by Gasteiger charge is 2.09. The van der Waals surface area contributed by atoms with Crippen molar-refractivity contribution in [1.29, 1.82) is 0 Å². The molecule has 74 valence electrons. The summed E-state index contributed by atoms with van der Waals surface area (Å²) >= 11 is 0. The Kier molecular flexibility index (Phi) is 7.58. The van der Waals surface area contributed by atoms with Gasteiger partial charge in [0.2, 0.25) is 0 Å². The van der Waals surface area contributed by atoms with Gasteiger partial charge in [-0.1, -0.05) is 40.5 Å². The molecule has 0 aromatic carbocycles. The second kappa shape index (κ2) is 7.60. The minimum absolute atomic E-state index is 0.830. The van der Waals surface area contributed by atoms with E-state index in [1.807, 2.05) is 0 Å². The molecule has 0 amide bonds. The molecule has 0 radical (unpaired) electrons. The standard InChI is InChI=1S/C11H25N/c1-5-7-10(3)11(4)9-12-8-6-2/h10-12H,5-9H2,1-4H3/t10-,11?/m1/s1. The van der Waals surface area contributed by atoms with Gasteiger partial charge in [-0.15, -0.1) is 0 Å². The third-order valence-corrected chi connectivity index (χ3v) is 2.61. The predicted molar refractivity (Wildman–Crippen MR) is 56.4 cm³/mol. The van der Waals surface area contributed by atoms with E-state index in [2.05, 4.69) is 33.0 Å². The van der Waals surface area contributed by atoms with Gasteiger partial charge in [0, 0.05) is 0 Å². The molecule has 0 aliphatic rings. The van der Waals surface area contributed by atoms with Crippen LogP contribution in [0.3, 0.4) is 0 Å². The fourth-order valence-electron chi connectivity index (χ4n) is 1.45. The smallest absolute Gasteiger partial charge is 0.00206 e. The van der Waals surface area contributed by atoms with Gasteiger partial charge >= 0.3 is 0 Å². The molecule has 0 rings (SSSR count). The molecule has 1 heteroatoms. The van der Waals surface area contributed by atoms with Crippen LogP contribution in [0.2, 0.25) is 0 Å². The predicted octanol–water partition coefficient (Wildman–Crippen LogP) is 3.06. The quantitative estimate of drug-likeness (QED) is 0.580. The summed E-state index contributed by atoms with van der Waals surface area (Å²) in [5.41, 5.74) is 0. The SMILES string of the molecule is CCCNCC(C)[C@H](C)CCC. The topological polar surface area (TPSA) is 12.0 Å². The van der Waals surface area contributed by atoms with Crippen LogP contribution in [0.4, 0.5) is 0 Å². The molecule has 0 aromatic rings. The van der Waals surface area contributed by atoms with Crippen LogP contribution in [0, 0.1) is 11.8 Å². The second-order valence-corrected chi connectivity index (χ2v) is 3.95. The van der Waals surface area contributed by atoms with E-state index < -0.39 is 0 Å². The normalized spacial score (nSPS) is 16.0. The zero-order valence-electron chi connectivity index (χ0n) is 9.19. The van der Waals surface area contributed by atoms with Crippen molar-refractivity contribution in [3.8, 4) is 0 Å². The van der Waals surface area contributed by atoms with E-state index in [0.717, 1.165) is 11.8 Å². The first-order valence-electron chi connectivity index (χ1n) is 5.43. The molecule has 0 saturated carbocycles. The van der Waals surface area contributed by atoms with Crippen LogP contribution >= 0.6 is 0 Å². The number of hydrogen-bond acceptors (Lipinski definition) is 1. The van der Waals surface area contributed by atoms with Crippen LogP contribution in [-0.4, -0.2) is 13.1 Å². The van der Waals surface area contributed by atoms with Crippen molar-refractivity contribution < 1.29 is 0 Å². The molecule has 2 atom stereocenters. The first-order chi connectivity index (χ1) is 5.72. The molecule has 0 aliphatic carbocycles. The molecular formula is C11H25N. The summed E-state index contributed by atoms with van der Waals surface area (Å²) < 4.78 is 0. The highest BCUT2D eigenvalue weighted by molar-refractivity contribution is 4.63. The molecule has 0 bridgehead atoms. The molecule has 1 nitrogen and oxygen atoms in total. The highest BCUT2D eigenvalue weighted by atomic mass is 14.8. The maximum absolute atomic E-state index is 3.47. The molecule has 0 saturated heterocycles. The monoisotopic (exact) mass is 171 g/mol. The van der Waals surface area contributed by atoms with Crippen molar-refractivity contribution >= 4 is 0 Å². The maximum atomic E-state index is 3.47. The van der Waals surface area contributed by atoms with Gasteiger partial charge in [0.25, 0.3) is 0 Å². The first kappa shape index (κ1) is 12.0. The number of hydrogen-bond donors (Lipinski definition) is 1. The molecule has 0 spiro atoms. The Morgan fingerprint density at radius 3 is 2.17 bits per heavy atom. The van der Waals surface area contributed by atoms with E-state index in [4.69, 9.17) is 0 Å². The Morgan fingerprint density at radius 1 is 1.00 bits per heavy atom. The maximum Gasteiger partial charge on any atom is -0.00206 e. The van der Waals surface area contributed by atoms with Crippen molar-refractivity contribution in [2.45, 2.75) is 47.0 Å². The lowest BCUT2D eigenvalue weighted by Crippen LogP contribution is -2.25. The van der Waals surface area contributed by atoms with Gasteiger partial charge in [-0.05, 0) is 31.3 Å². The van der Waals surface area contributed by atoms with Crippen molar-refractivity contribution in [1.82, 2.24) is 5.32 Å². The summed E-state index contributed by atoms with van der Waals surface area (Å²) in [5.74, 6) is 1.70. The third kappa shape index (κ3) is 5.59. The van der Waals surface area contributed by atoms with E-state index in [0.29, 0.717) is 0 Å². The number of rotatable bonds is 7. The van der Waals surface area contributed by atoms with Gasteiger partial charge in [0.15, 0.2) is 0 Å².